The highest BCUT2D eigenvalue weighted by molar-refractivity contribution is 6.00. The van der Waals surface area contributed by atoms with Gasteiger partial charge in [0.15, 0.2) is 5.78 Å². The summed E-state index contributed by atoms with van der Waals surface area (Å²) in [4.78, 5) is 22.9. The number of carbonyl (C=O) groups excluding carboxylic acids is 2. The predicted octanol–water partition coefficient (Wildman–Crippen LogP) is 1.94. The van der Waals surface area contributed by atoms with E-state index in [1.165, 1.54) is 6.92 Å². The van der Waals surface area contributed by atoms with Crippen LogP contribution in [-0.4, -0.2) is 24.3 Å². The van der Waals surface area contributed by atoms with Crippen LogP contribution in [-0.2, 0) is 4.79 Å². The molecule has 1 fully saturated rings. The van der Waals surface area contributed by atoms with Gasteiger partial charge in [-0.05, 0) is 43.7 Å². The number of piperidine rings is 1. The van der Waals surface area contributed by atoms with Gasteiger partial charge < -0.3 is 10.1 Å². The fourth-order valence-electron chi connectivity index (χ4n) is 2.13. The van der Waals surface area contributed by atoms with Crippen LogP contribution in [0, 0.1) is 0 Å². The molecule has 0 amide bonds. The molecule has 1 N–H and O–H groups in total. The van der Waals surface area contributed by atoms with Crippen LogP contribution in [0.3, 0.4) is 0 Å². The number of benzene rings is 1. The summed E-state index contributed by atoms with van der Waals surface area (Å²) in [5, 5.41) is 3.23. The van der Waals surface area contributed by atoms with E-state index in [1.807, 2.05) is 0 Å². The normalized spacial score (nSPS) is 19.3. The number of Topliss-reactive ketones (excluding diaryl/α,β-unsaturated/α-hetero) is 1. The molecule has 1 heterocycles. The lowest BCUT2D eigenvalue weighted by Crippen LogP contribution is -2.40. The van der Waals surface area contributed by atoms with E-state index in [4.69, 9.17) is 4.74 Å². The van der Waals surface area contributed by atoms with Crippen LogP contribution in [0.25, 0.3) is 0 Å². The molecule has 0 aliphatic carbocycles. The van der Waals surface area contributed by atoms with Gasteiger partial charge in [-0.15, -0.1) is 0 Å². The number of ketones is 1. The Kier molecular flexibility index (Phi) is 4.10. The summed E-state index contributed by atoms with van der Waals surface area (Å²) < 4.78 is 4.93. The van der Waals surface area contributed by atoms with Crippen molar-refractivity contribution in [2.45, 2.75) is 32.2 Å². The summed E-state index contributed by atoms with van der Waals surface area (Å²) >= 11 is 0. The highest BCUT2D eigenvalue weighted by Gasteiger charge is 2.21. The van der Waals surface area contributed by atoms with Gasteiger partial charge in [0, 0.05) is 12.5 Å². The van der Waals surface area contributed by atoms with Gasteiger partial charge in [-0.3, -0.25) is 9.59 Å². The zero-order chi connectivity index (χ0) is 13.0. The number of ether oxygens (including phenoxy) is 1. The minimum atomic E-state index is -0.358. The van der Waals surface area contributed by atoms with E-state index >= 15 is 0 Å². The fraction of sp³-hybridized carbons (Fsp3) is 0.429. The molecule has 18 heavy (non-hydrogen) atoms. The van der Waals surface area contributed by atoms with E-state index in [2.05, 4.69) is 5.32 Å². The second-order valence-corrected chi connectivity index (χ2v) is 4.48. The maximum Gasteiger partial charge on any atom is 0.308 e. The fourth-order valence-corrected chi connectivity index (χ4v) is 2.13. The average molecular weight is 247 g/mol. The van der Waals surface area contributed by atoms with E-state index in [1.54, 1.807) is 24.3 Å². The smallest absolute Gasteiger partial charge is 0.308 e. The van der Waals surface area contributed by atoms with Crippen molar-refractivity contribution in [1.29, 1.82) is 0 Å². The predicted molar refractivity (Wildman–Crippen MR) is 67.7 cm³/mol. The Morgan fingerprint density at radius 3 is 2.50 bits per heavy atom. The van der Waals surface area contributed by atoms with Crippen molar-refractivity contribution in [1.82, 2.24) is 5.32 Å². The highest BCUT2D eigenvalue weighted by atomic mass is 16.5. The number of rotatable bonds is 3. The van der Waals surface area contributed by atoms with Crippen molar-refractivity contribution in [3.63, 3.8) is 0 Å². The first kappa shape index (κ1) is 12.8. The van der Waals surface area contributed by atoms with Crippen LogP contribution < -0.4 is 10.1 Å². The van der Waals surface area contributed by atoms with Crippen LogP contribution in [0.5, 0.6) is 5.75 Å². The molecule has 4 nitrogen and oxygen atoms in total. The lowest BCUT2D eigenvalue weighted by atomic mass is 9.96. The van der Waals surface area contributed by atoms with Gasteiger partial charge in [0.1, 0.15) is 5.75 Å². The van der Waals surface area contributed by atoms with Crippen molar-refractivity contribution >= 4 is 11.8 Å². The van der Waals surface area contributed by atoms with E-state index in [0.717, 1.165) is 25.8 Å². The minimum absolute atomic E-state index is 0.0710. The Morgan fingerprint density at radius 2 is 1.94 bits per heavy atom. The first-order valence-electron chi connectivity index (χ1n) is 6.23. The first-order valence-corrected chi connectivity index (χ1v) is 6.23. The van der Waals surface area contributed by atoms with Crippen LogP contribution in [0.4, 0.5) is 0 Å². The van der Waals surface area contributed by atoms with Crippen LogP contribution in [0.2, 0.25) is 0 Å². The molecule has 1 aromatic rings. The standard InChI is InChI=1S/C14H17NO3/c1-10(16)18-12-7-5-11(6-8-12)14(17)13-4-2-3-9-15-13/h5-8,13,15H,2-4,9H2,1H3. The van der Waals surface area contributed by atoms with E-state index < -0.39 is 0 Å². The molecule has 0 saturated carbocycles. The van der Waals surface area contributed by atoms with Crippen molar-refractivity contribution in [2.75, 3.05) is 6.54 Å². The molecule has 0 spiro atoms. The van der Waals surface area contributed by atoms with Gasteiger partial charge in [-0.25, -0.2) is 0 Å². The van der Waals surface area contributed by atoms with Crippen LogP contribution >= 0.6 is 0 Å². The Labute approximate surface area is 106 Å². The Morgan fingerprint density at radius 1 is 1.22 bits per heavy atom. The Hall–Kier alpha value is -1.68. The molecule has 96 valence electrons. The van der Waals surface area contributed by atoms with Crippen molar-refractivity contribution < 1.29 is 14.3 Å². The maximum atomic E-state index is 12.2. The van der Waals surface area contributed by atoms with Crippen molar-refractivity contribution in [3.8, 4) is 5.75 Å². The maximum absolute atomic E-state index is 12.2. The zero-order valence-electron chi connectivity index (χ0n) is 10.4. The van der Waals surface area contributed by atoms with Crippen molar-refractivity contribution in [3.05, 3.63) is 29.8 Å². The SMILES string of the molecule is CC(=O)Oc1ccc(C(=O)C2CCCCN2)cc1. The molecule has 1 aliphatic heterocycles. The van der Waals surface area contributed by atoms with Gasteiger partial charge >= 0.3 is 5.97 Å². The number of esters is 1. The quantitative estimate of drug-likeness (QED) is 0.504. The van der Waals surface area contributed by atoms with Gasteiger partial charge in [0.25, 0.3) is 0 Å². The molecular formula is C14H17NO3. The lowest BCUT2D eigenvalue weighted by Gasteiger charge is -2.22. The van der Waals surface area contributed by atoms with Crippen molar-refractivity contribution in [2.24, 2.45) is 0 Å². The summed E-state index contributed by atoms with van der Waals surface area (Å²) in [5.74, 6) is 0.225. The molecule has 4 heteroatoms. The minimum Gasteiger partial charge on any atom is -0.427 e. The van der Waals surface area contributed by atoms with E-state index in [-0.39, 0.29) is 17.8 Å². The first-order chi connectivity index (χ1) is 8.66. The van der Waals surface area contributed by atoms with Gasteiger partial charge in [0.05, 0.1) is 6.04 Å². The highest BCUT2D eigenvalue weighted by Crippen LogP contribution is 2.16. The molecule has 0 radical (unpaired) electrons. The summed E-state index contributed by atoms with van der Waals surface area (Å²) in [6, 6.07) is 6.64. The summed E-state index contributed by atoms with van der Waals surface area (Å²) in [5.41, 5.74) is 0.658. The van der Waals surface area contributed by atoms with Gasteiger partial charge in [-0.2, -0.15) is 0 Å². The molecule has 1 aliphatic rings. The molecule has 0 bridgehead atoms. The molecule has 1 aromatic carbocycles. The van der Waals surface area contributed by atoms with E-state index in [9.17, 15) is 9.59 Å². The molecular weight excluding hydrogens is 230 g/mol. The third-order valence-corrected chi connectivity index (χ3v) is 3.03. The molecule has 0 aromatic heterocycles. The number of carbonyl (C=O) groups is 2. The Bertz CT molecular complexity index is 433. The summed E-state index contributed by atoms with van der Waals surface area (Å²) in [6.45, 7) is 2.26. The second-order valence-electron chi connectivity index (χ2n) is 4.48. The molecule has 1 saturated heterocycles. The zero-order valence-corrected chi connectivity index (χ0v) is 10.4. The molecule has 2 rings (SSSR count). The largest absolute Gasteiger partial charge is 0.427 e. The van der Waals surface area contributed by atoms with Crippen LogP contribution in [0.15, 0.2) is 24.3 Å². The number of hydrogen-bond acceptors (Lipinski definition) is 4. The third-order valence-electron chi connectivity index (χ3n) is 3.03. The Balaban J connectivity index is 2.04. The topological polar surface area (TPSA) is 55.4 Å². The number of nitrogens with one attached hydrogen (secondary N) is 1. The lowest BCUT2D eigenvalue weighted by molar-refractivity contribution is -0.131. The summed E-state index contributed by atoms with van der Waals surface area (Å²) in [7, 11) is 0. The number of hydrogen-bond donors (Lipinski definition) is 1. The van der Waals surface area contributed by atoms with E-state index in [0.29, 0.717) is 11.3 Å². The summed E-state index contributed by atoms with van der Waals surface area (Å²) in [6.07, 6.45) is 3.12. The molecule has 1 atom stereocenters. The monoisotopic (exact) mass is 247 g/mol. The van der Waals surface area contributed by atoms with Gasteiger partial charge in [-0.1, -0.05) is 6.42 Å². The van der Waals surface area contributed by atoms with Gasteiger partial charge in [0.2, 0.25) is 0 Å². The second kappa shape index (κ2) is 5.78. The average Bonchev–Trinajstić information content (AvgIpc) is 2.39. The van der Waals surface area contributed by atoms with Crippen LogP contribution in [0.1, 0.15) is 36.5 Å². The molecule has 1 unspecified atom stereocenters. The third kappa shape index (κ3) is 3.17.